The first kappa shape index (κ1) is 14.4. The highest BCUT2D eigenvalue weighted by molar-refractivity contribution is 7.41. The summed E-state index contributed by atoms with van der Waals surface area (Å²) in [6.07, 6.45) is 4.74. The van der Waals surface area contributed by atoms with Crippen molar-refractivity contribution in [3.63, 3.8) is 0 Å². The van der Waals surface area contributed by atoms with E-state index in [0.717, 1.165) is 0 Å². The molecule has 0 spiro atoms. The number of hydrogen-bond donors (Lipinski definition) is 2. The van der Waals surface area contributed by atoms with Gasteiger partial charge in [-0.05, 0) is 12.2 Å². The molecule has 0 unspecified atom stereocenters. The van der Waals surface area contributed by atoms with Crippen molar-refractivity contribution in [1.29, 1.82) is 0 Å². The fourth-order valence-electron chi connectivity index (χ4n) is 1.08. The topological polar surface area (TPSA) is 68.2 Å². The van der Waals surface area contributed by atoms with Gasteiger partial charge in [0, 0.05) is 0 Å². The molecular weight excluding hydrogens is 243 g/mol. The van der Waals surface area contributed by atoms with E-state index in [2.05, 4.69) is 13.2 Å². The minimum absolute atomic E-state index is 0.191. The van der Waals surface area contributed by atoms with E-state index in [9.17, 15) is 0 Å². The van der Waals surface area contributed by atoms with Gasteiger partial charge in [0.05, 0.1) is 31.8 Å². The van der Waals surface area contributed by atoms with Gasteiger partial charge in [0.1, 0.15) is 5.76 Å². The Morgan fingerprint density at radius 3 is 2.29 bits per heavy atom. The molecule has 0 bridgehead atoms. The quantitative estimate of drug-likeness (QED) is 0.430. The van der Waals surface area contributed by atoms with Crippen LogP contribution in [-0.4, -0.2) is 36.6 Å². The second kappa shape index (κ2) is 6.89. The number of aliphatic hydroxyl groups is 2. The van der Waals surface area contributed by atoms with Crippen molar-refractivity contribution >= 4 is 8.60 Å². The normalized spacial score (nSPS) is 20.9. The van der Waals surface area contributed by atoms with E-state index in [1.165, 1.54) is 6.08 Å². The fraction of sp³-hybridized carbons (Fsp3) is 0.455. The van der Waals surface area contributed by atoms with Crippen molar-refractivity contribution < 1.29 is 23.8 Å². The van der Waals surface area contributed by atoms with E-state index in [4.69, 9.17) is 23.8 Å². The van der Waals surface area contributed by atoms with Crippen molar-refractivity contribution in [3.8, 4) is 0 Å². The van der Waals surface area contributed by atoms with Crippen LogP contribution < -0.4 is 0 Å². The van der Waals surface area contributed by atoms with Crippen LogP contribution in [0, 0.1) is 5.41 Å². The summed E-state index contributed by atoms with van der Waals surface area (Å²) in [6, 6.07) is 0. The molecule has 17 heavy (non-hydrogen) atoms. The highest BCUT2D eigenvalue weighted by Gasteiger charge is 2.38. The maximum absolute atomic E-state index is 9.15. The lowest BCUT2D eigenvalue weighted by atomic mass is 9.93. The molecule has 96 valence electrons. The first-order valence-electron chi connectivity index (χ1n) is 5.10. The first-order valence-corrected chi connectivity index (χ1v) is 6.20. The molecule has 6 heteroatoms. The van der Waals surface area contributed by atoms with E-state index in [1.54, 1.807) is 12.2 Å². The molecule has 1 aliphatic heterocycles. The second-order valence-electron chi connectivity index (χ2n) is 3.69. The molecule has 1 saturated heterocycles. The standard InChI is InChI=1S/C11H17O5P/c1-3-5-10(4-2)16-17-14-8-11(6-12,7-13)9-15-17/h3-5,12-13H,1-2,6-9H2/b10-5+. The maximum Gasteiger partial charge on any atom is 0.397 e. The van der Waals surface area contributed by atoms with Crippen LogP contribution in [0.5, 0.6) is 0 Å². The molecule has 0 aromatic rings. The number of aliphatic hydroxyl groups excluding tert-OH is 2. The molecule has 0 saturated carbocycles. The Hall–Kier alpha value is -0.710. The summed E-state index contributed by atoms with van der Waals surface area (Å²) < 4.78 is 16.1. The third-order valence-corrected chi connectivity index (χ3v) is 3.33. The van der Waals surface area contributed by atoms with Crippen LogP contribution in [0.3, 0.4) is 0 Å². The van der Waals surface area contributed by atoms with Gasteiger partial charge in [0.2, 0.25) is 0 Å². The molecule has 2 N–H and O–H groups in total. The predicted molar refractivity (Wildman–Crippen MR) is 65.0 cm³/mol. The summed E-state index contributed by atoms with van der Waals surface area (Å²) in [5.74, 6) is 0.506. The van der Waals surface area contributed by atoms with Crippen LogP contribution >= 0.6 is 8.60 Å². The molecule has 5 nitrogen and oxygen atoms in total. The Balaban J connectivity index is 2.49. The van der Waals surface area contributed by atoms with Crippen LogP contribution in [0.15, 0.2) is 37.1 Å². The van der Waals surface area contributed by atoms with Gasteiger partial charge in [-0.1, -0.05) is 19.2 Å². The molecule has 1 rings (SSSR count). The van der Waals surface area contributed by atoms with E-state index >= 15 is 0 Å². The molecule has 0 radical (unpaired) electrons. The molecule has 1 heterocycles. The first-order chi connectivity index (χ1) is 8.19. The largest absolute Gasteiger partial charge is 0.427 e. The summed E-state index contributed by atoms with van der Waals surface area (Å²) in [7, 11) is -1.51. The van der Waals surface area contributed by atoms with Gasteiger partial charge in [-0.2, -0.15) is 0 Å². The summed E-state index contributed by atoms with van der Waals surface area (Å²) in [5, 5.41) is 18.3. The molecule has 0 aromatic heterocycles. The molecular formula is C11H17O5P. The lowest BCUT2D eigenvalue weighted by Crippen LogP contribution is -2.41. The monoisotopic (exact) mass is 260 g/mol. The van der Waals surface area contributed by atoms with E-state index < -0.39 is 14.0 Å². The lowest BCUT2D eigenvalue weighted by molar-refractivity contribution is -0.0542. The Bertz CT molecular complexity index is 288. The van der Waals surface area contributed by atoms with E-state index in [-0.39, 0.29) is 26.4 Å². The van der Waals surface area contributed by atoms with Gasteiger partial charge in [-0.25, -0.2) is 0 Å². The van der Waals surface area contributed by atoms with Crippen molar-refractivity contribution in [2.45, 2.75) is 0 Å². The van der Waals surface area contributed by atoms with Crippen LogP contribution in [0.25, 0.3) is 0 Å². The van der Waals surface area contributed by atoms with Crippen LogP contribution in [0.1, 0.15) is 0 Å². The van der Waals surface area contributed by atoms with Crippen molar-refractivity contribution in [2.75, 3.05) is 26.4 Å². The van der Waals surface area contributed by atoms with Gasteiger partial charge in [-0.15, -0.1) is 0 Å². The summed E-state index contributed by atoms with van der Waals surface area (Å²) in [5.41, 5.74) is -0.737. The molecule has 0 aliphatic carbocycles. The van der Waals surface area contributed by atoms with Crippen molar-refractivity contribution in [2.24, 2.45) is 5.41 Å². The van der Waals surface area contributed by atoms with E-state index in [0.29, 0.717) is 5.76 Å². The smallest absolute Gasteiger partial charge is 0.397 e. The third-order valence-electron chi connectivity index (χ3n) is 2.29. The lowest BCUT2D eigenvalue weighted by Gasteiger charge is -2.35. The molecule has 1 fully saturated rings. The second-order valence-corrected chi connectivity index (χ2v) is 4.83. The Kier molecular flexibility index (Phi) is 5.82. The highest BCUT2D eigenvalue weighted by Crippen LogP contribution is 2.48. The molecule has 0 atom stereocenters. The average molecular weight is 260 g/mol. The van der Waals surface area contributed by atoms with Crippen LogP contribution in [0.2, 0.25) is 0 Å². The minimum Gasteiger partial charge on any atom is -0.427 e. The van der Waals surface area contributed by atoms with Crippen molar-refractivity contribution in [3.05, 3.63) is 37.1 Å². The van der Waals surface area contributed by atoms with Gasteiger partial charge < -0.3 is 23.8 Å². The number of rotatable bonds is 6. The number of allylic oxidation sites excluding steroid dienone is 3. The predicted octanol–water partition coefficient (Wildman–Crippen LogP) is 1.50. The summed E-state index contributed by atoms with van der Waals surface area (Å²) >= 11 is 0. The maximum atomic E-state index is 9.15. The van der Waals surface area contributed by atoms with Gasteiger partial charge in [-0.3, -0.25) is 0 Å². The SMILES string of the molecule is C=C/C=C(\C=C)OP1OCC(CO)(CO)CO1. The zero-order chi connectivity index (χ0) is 12.7. The van der Waals surface area contributed by atoms with Gasteiger partial charge in [0.25, 0.3) is 0 Å². The van der Waals surface area contributed by atoms with Gasteiger partial charge in [0.15, 0.2) is 0 Å². The van der Waals surface area contributed by atoms with Crippen LogP contribution in [0.4, 0.5) is 0 Å². The molecule has 0 amide bonds. The Morgan fingerprint density at radius 2 is 1.88 bits per heavy atom. The average Bonchev–Trinajstić information content (AvgIpc) is 2.39. The summed E-state index contributed by atoms with van der Waals surface area (Å²) in [4.78, 5) is 0. The zero-order valence-corrected chi connectivity index (χ0v) is 10.4. The van der Waals surface area contributed by atoms with Crippen molar-refractivity contribution in [1.82, 2.24) is 0 Å². The molecule has 0 aromatic carbocycles. The fourth-order valence-corrected chi connectivity index (χ4v) is 2.33. The highest BCUT2D eigenvalue weighted by atomic mass is 31.2. The number of hydrogen-bond acceptors (Lipinski definition) is 5. The zero-order valence-electron chi connectivity index (χ0n) is 9.54. The van der Waals surface area contributed by atoms with Crippen LogP contribution in [-0.2, 0) is 13.6 Å². The minimum atomic E-state index is -1.51. The Morgan fingerprint density at radius 1 is 1.29 bits per heavy atom. The third kappa shape index (κ3) is 3.91. The Labute approximate surface area is 102 Å². The molecule has 1 aliphatic rings. The van der Waals surface area contributed by atoms with E-state index in [1.807, 2.05) is 0 Å². The summed E-state index contributed by atoms with van der Waals surface area (Å²) in [6.45, 7) is 7.15. The van der Waals surface area contributed by atoms with Gasteiger partial charge >= 0.3 is 8.60 Å².